The standard InChI is InChI=1S/C17H21ClO4/c1-21-15(19)7-4-9-17(11-16(20)22-2)10-8-12-13(17)5-3-6-14(12)18/h3,5-6H,4,7-11H2,1-2H3. The molecular weight excluding hydrogens is 304 g/mol. The summed E-state index contributed by atoms with van der Waals surface area (Å²) >= 11 is 6.28. The van der Waals surface area contributed by atoms with Gasteiger partial charge >= 0.3 is 11.9 Å². The minimum absolute atomic E-state index is 0.225. The SMILES string of the molecule is COC(=O)CCCC1(CC(=O)OC)CCc2c(Cl)cccc21. The molecular formula is C17H21ClO4. The summed E-state index contributed by atoms with van der Waals surface area (Å²) in [5.74, 6) is -0.455. The second-order valence-corrected chi connectivity index (χ2v) is 6.14. The van der Waals surface area contributed by atoms with Gasteiger partial charge in [0.05, 0.1) is 20.6 Å². The monoisotopic (exact) mass is 324 g/mol. The highest BCUT2D eigenvalue weighted by Gasteiger charge is 2.41. The minimum atomic E-state index is -0.290. The molecule has 0 spiro atoms. The van der Waals surface area contributed by atoms with Crippen LogP contribution in [0.1, 0.15) is 43.2 Å². The minimum Gasteiger partial charge on any atom is -0.469 e. The molecule has 120 valence electrons. The van der Waals surface area contributed by atoms with Gasteiger partial charge in [0.1, 0.15) is 0 Å². The smallest absolute Gasteiger partial charge is 0.306 e. The van der Waals surface area contributed by atoms with Crippen molar-refractivity contribution in [2.45, 2.75) is 43.9 Å². The van der Waals surface area contributed by atoms with E-state index in [-0.39, 0.29) is 17.4 Å². The summed E-state index contributed by atoms with van der Waals surface area (Å²) in [4.78, 5) is 23.2. The zero-order valence-electron chi connectivity index (χ0n) is 13.0. The van der Waals surface area contributed by atoms with Crippen LogP contribution >= 0.6 is 11.6 Å². The number of fused-ring (bicyclic) bond motifs is 1. The van der Waals surface area contributed by atoms with Crippen molar-refractivity contribution in [2.24, 2.45) is 0 Å². The average Bonchev–Trinajstić information content (AvgIpc) is 2.87. The van der Waals surface area contributed by atoms with Gasteiger partial charge in [0, 0.05) is 16.9 Å². The number of benzene rings is 1. The van der Waals surface area contributed by atoms with E-state index in [4.69, 9.17) is 16.3 Å². The Morgan fingerprint density at radius 1 is 1.23 bits per heavy atom. The van der Waals surface area contributed by atoms with Crippen molar-refractivity contribution in [3.8, 4) is 0 Å². The second-order valence-electron chi connectivity index (χ2n) is 5.73. The predicted molar refractivity (Wildman–Crippen MR) is 84.0 cm³/mol. The zero-order valence-corrected chi connectivity index (χ0v) is 13.7. The van der Waals surface area contributed by atoms with Gasteiger partial charge in [-0.1, -0.05) is 23.7 Å². The fourth-order valence-corrected chi connectivity index (χ4v) is 3.63. The molecule has 0 N–H and O–H groups in total. The molecule has 0 saturated heterocycles. The molecule has 1 aliphatic carbocycles. The van der Waals surface area contributed by atoms with E-state index in [0.717, 1.165) is 35.4 Å². The van der Waals surface area contributed by atoms with E-state index in [9.17, 15) is 9.59 Å². The predicted octanol–water partition coefficient (Wildman–Crippen LogP) is 3.43. The van der Waals surface area contributed by atoms with E-state index in [1.807, 2.05) is 18.2 Å². The molecule has 0 amide bonds. The number of hydrogen-bond acceptors (Lipinski definition) is 4. The second kappa shape index (κ2) is 7.14. The van der Waals surface area contributed by atoms with Gasteiger partial charge in [-0.25, -0.2) is 0 Å². The number of esters is 2. The number of halogens is 1. The van der Waals surface area contributed by atoms with Crippen molar-refractivity contribution < 1.29 is 19.1 Å². The van der Waals surface area contributed by atoms with Crippen molar-refractivity contribution in [3.63, 3.8) is 0 Å². The summed E-state index contributed by atoms with van der Waals surface area (Å²) in [6.07, 6.45) is 3.79. The largest absolute Gasteiger partial charge is 0.469 e. The van der Waals surface area contributed by atoms with Crippen LogP contribution in [-0.2, 0) is 30.9 Å². The molecule has 22 heavy (non-hydrogen) atoms. The van der Waals surface area contributed by atoms with Crippen LogP contribution in [0.5, 0.6) is 0 Å². The van der Waals surface area contributed by atoms with E-state index in [0.29, 0.717) is 19.3 Å². The van der Waals surface area contributed by atoms with Crippen LogP contribution in [0, 0.1) is 0 Å². The molecule has 0 radical (unpaired) electrons. The van der Waals surface area contributed by atoms with Crippen LogP contribution in [0.25, 0.3) is 0 Å². The molecule has 1 atom stereocenters. The van der Waals surface area contributed by atoms with E-state index >= 15 is 0 Å². The summed E-state index contributed by atoms with van der Waals surface area (Å²) in [5.41, 5.74) is 1.95. The summed E-state index contributed by atoms with van der Waals surface area (Å²) in [6, 6.07) is 5.83. The van der Waals surface area contributed by atoms with Crippen LogP contribution in [0.3, 0.4) is 0 Å². The van der Waals surface area contributed by atoms with E-state index in [1.165, 1.54) is 14.2 Å². The van der Waals surface area contributed by atoms with Crippen LogP contribution in [0.2, 0.25) is 5.02 Å². The molecule has 0 fully saturated rings. The lowest BCUT2D eigenvalue weighted by Crippen LogP contribution is -2.28. The molecule has 0 aromatic heterocycles. The topological polar surface area (TPSA) is 52.6 Å². The van der Waals surface area contributed by atoms with E-state index in [2.05, 4.69) is 4.74 Å². The first-order valence-corrected chi connectivity index (χ1v) is 7.82. The first-order chi connectivity index (χ1) is 10.5. The molecule has 1 aliphatic rings. The Morgan fingerprint density at radius 2 is 1.95 bits per heavy atom. The molecule has 5 heteroatoms. The molecule has 2 rings (SSSR count). The lowest BCUT2D eigenvalue weighted by Gasteiger charge is -2.29. The van der Waals surface area contributed by atoms with Crippen molar-refractivity contribution in [1.82, 2.24) is 0 Å². The Morgan fingerprint density at radius 3 is 2.64 bits per heavy atom. The maximum absolute atomic E-state index is 11.9. The highest BCUT2D eigenvalue weighted by molar-refractivity contribution is 6.31. The maximum Gasteiger partial charge on any atom is 0.306 e. The Kier molecular flexibility index (Phi) is 5.46. The Balaban J connectivity index is 2.23. The highest BCUT2D eigenvalue weighted by Crippen LogP contribution is 2.47. The van der Waals surface area contributed by atoms with E-state index in [1.54, 1.807) is 0 Å². The summed E-state index contributed by atoms with van der Waals surface area (Å²) < 4.78 is 9.55. The maximum atomic E-state index is 11.9. The highest BCUT2D eigenvalue weighted by atomic mass is 35.5. The van der Waals surface area contributed by atoms with E-state index < -0.39 is 0 Å². The number of carbonyl (C=O) groups excluding carboxylic acids is 2. The van der Waals surface area contributed by atoms with Crippen LogP contribution in [0.15, 0.2) is 18.2 Å². The lowest BCUT2D eigenvalue weighted by atomic mass is 9.75. The lowest BCUT2D eigenvalue weighted by molar-refractivity contribution is -0.142. The number of ether oxygens (including phenoxy) is 2. The first-order valence-electron chi connectivity index (χ1n) is 7.44. The van der Waals surface area contributed by atoms with Gasteiger partial charge in [-0.05, 0) is 42.9 Å². The van der Waals surface area contributed by atoms with Gasteiger partial charge in [-0.15, -0.1) is 0 Å². The van der Waals surface area contributed by atoms with Gasteiger partial charge in [0.25, 0.3) is 0 Å². The Bertz CT molecular complexity index is 570. The molecule has 0 heterocycles. The molecule has 1 unspecified atom stereocenters. The zero-order chi connectivity index (χ0) is 16.2. The van der Waals surface area contributed by atoms with Crippen molar-refractivity contribution in [2.75, 3.05) is 14.2 Å². The Labute approximate surface area is 135 Å². The van der Waals surface area contributed by atoms with Gasteiger partial charge < -0.3 is 9.47 Å². The molecule has 0 saturated carbocycles. The quantitative estimate of drug-likeness (QED) is 0.752. The third-order valence-electron chi connectivity index (χ3n) is 4.52. The molecule has 0 aliphatic heterocycles. The summed E-state index contributed by atoms with van der Waals surface area (Å²) in [7, 11) is 2.79. The molecule has 0 bridgehead atoms. The van der Waals surface area contributed by atoms with Crippen molar-refractivity contribution in [1.29, 1.82) is 0 Å². The fraction of sp³-hybridized carbons (Fsp3) is 0.529. The van der Waals surface area contributed by atoms with Crippen LogP contribution < -0.4 is 0 Å². The Hall–Kier alpha value is -1.55. The van der Waals surface area contributed by atoms with Gasteiger partial charge in [-0.2, -0.15) is 0 Å². The molecule has 1 aromatic carbocycles. The normalized spacial score (nSPS) is 19.6. The average molecular weight is 325 g/mol. The summed E-state index contributed by atoms with van der Waals surface area (Å²) in [5, 5.41) is 0.747. The van der Waals surface area contributed by atoms with Crippen molar-refractivity contribution >= 4 is 23.5 Å². The third kappa shape index (κ3) is 3.43. The molecule has 4 nitrogen and oxygen atoms in total. The van der Waals surface area contributed by atoms with Gasteiger partial charge in [0.15, 0.2) is 0 Å². The van der Waals surface area contributed by atoms with Crippen LogP contribution in [-0.4, -0.2) is 26.2 Å². The van der Waals surface area contributed by atoms with Gasteiger partial charge in [0.2, 0.25) is 0 Å². The van der Waals surface area contributed by atoms with Crippen LogP contribution in [0.4, 0.5) is 0 Å². The third-order valence-corrected chi connectivity index (χ3v) is 4.87. The van der Waals surface area contributed by atoms with Crippen molar-refractivity contribution in [3.05, 3.63) is 34.3 Å². The molecule has 1 aromatic rings. The number of methoxy groups -OCH3 is 2. The number of rotatable bonds is 6. The number of carbonyl (C=O) groups is 2. The van der Waals surface area contributed by atoms with Gasteiger partial charge in [-0.3, -0.25) is 9.59 Å². The summed E-state index contributed by atoms with van der Waals surface area (Å²) in [6.45, 7) is 0. The first kappa shape index (κ1) is 16.8. The number of hydrogen-bond donors (Lipinski definition) is 0. The fourth-order valence-electron chi connectivity index (χ4n) is 3.36.